The second kappa shape index (κ2) is 13.4. The zero-order valence-electron chi connectivity index (χ0n) is 14.8. The van der Waals surface area contributed by atoms with Gasteiger partial charge in [-0.3, -0.25) is 4.55 Å². The lowest BCUT2D eigenvalue weighted by Gasteiger charge is -2.22. The van der Waals surface area contributed by atoms with Gasteiger partial charge in [0.25, 0.3) is 0 Å². The highest BCUT2D eigenvalue weighted by Crippen LogP contribution is 2.57. The quantitative estimate of drug-likeness (QED) is 0.308. The lowest BCUT2D eigenvalue weighted by molar-refractivity contribution is -0.0510. The first-order valence-electron chi connectivity index (χ1n) is 7.80. The summed E-state index contributed by atoms with van der Waals surface area (Å²) in [5.74, 6) is 0. The molecule has 0 spiro atoms. The van der Waals surface area contributed by atoms with Crippen LogP contribution < -0.4 is 6.15 Å². The molecule has 144 valence electrons. The van der Waals surface area contributed by atoms with E-state index in [1.165, 1.54) is 38.5 Å². The van der Waals surface area contributed by atoms with Crippen LogP contribution in [0, 0.1) is 0 Å². The molecule has 0 unspecified atom stereocenters. The van der Waals surface area contributed by atoms with Crippen LogP contribution in [0.2, 0.25) is 0 Å². The molecule has 0 rings (SSSR count). The van der Waals surface area contributed by atoms with E-state index in [4.69, 9.17) is 13.0 Å². The van der Waals surface area contributed by atoms with Crippen molar-refractivity contribution in [1.29, 1.82) is 0 Å². The Hall–Kier alpha value is 0.0900. The fourth-order valence-corrected chi connectivity index (χ4v) is 5.86. The Balaban J connectivity index is -0.000000382. The SMILES string of the molecule is CCCC[P+](C)(CCCC)CCCC.N.O=S(=O)(O)C(F)(F)F. The first-order valence-corrected chi connectivity index (χ1v) is 12.0. The smallest absolute Gasteiger partial charge is 0.344 e. The highest BCUT2D eigenvalue weighted by Gasteiger charge is 2.44. The lowest BCUT2D eigenvalue weighted by Crippen LogP contribution is -2.21. The molecule has 0 aliphatic carbocycles. The Kier molecular flexibility index (Phi) is 16.3. The Morgan fingerprint density at radius 1 is 0.870 bits per heavy atom. The summed E-state index contributed by atoms with van der Waals surface area (Å²) >= 11 is 0. The van der Waals surface area contributed by atoms with E-state index in [-0.39, 0.29) is 6.15 Å². The van der Waals surface area contributed by atoms with Crippen LogP contribution in [0.3, 0.4) is 0 Å². The maximum atomic E-state index is 10.7. The molecule has 4 N–H and O–H groups in total. The van der Waals surface area contributed by atoms with Crippen LogP contribution >= 0.6 is 7.26 Å². The molecule has 0 bridgehead atoms. The van der Waals surface area contributed by atoms with Crippen molar-refractivity contribution >= 4 is 17.4 Å². The third-order valence-corrected chi connectivity index (χ3v) is 8.22. The molecule has 4 nitrogen and oxygen atoms in total. The van der Waals surface area contributed by atoms with Crippen LogP contribution in [0.4, 0.5) is 13.2 Å². The third kappa shape index (κ3) is 15.4. The molecule has 0 fully saturated rings. The average molecular weight is 384 g/mol. The topological polar surface area (TPSA) is 89.4 Å². The predicted octanol–water partition coefficient (Wildman–Crippen LogP) is 5.59. The van der Waals surface area contributed by atoms with Crippen molar-refractivity contribution in [3.05, 3.63) is 0 Å². The van der Waals surface area contributed by atoms with Gasteiger partial charge in [0.1, 0.15) is 0 Å². The molecular weight excluding hydrogens is 350 g/mol. The molecule has 0 aliphatic rings. The molecule has 0 amide bonds. The van der Waals surface area contributed by atoms with E-state index in [0.29, 0.717) is 0 Å². The summed E-state index contributed by atoms with van der Waals surface area (Å²) < 4.78 is 57.5. The average Bonchev–Trinajstić information content (AvgIpc) is 2.39. The summed E-state index contributed by atoms with van der Waals surface area (Å²) in [5.41, 5.74) is -5.53. The minimum absolute atomic E-state index is 0. The first-order chi connectivity index (χ1) is 9.93. The van der Waals surface area contributed by atoms with Gasteiger partial charge in [0, 0.05) is 13.9 Å². The second-order valence-corrected chi connectivity index (χ2v) is 11.8. The fraction of sp³-hybridized carbons (Fsp3) is 1.00. The molecule has 0 saturated heterocycles. The number of alkyl halides is 3. The summed E-state index contributed by atoms with van der Waals surface area (Å²) in [7, 11) is -6.36. The fourth-order valence-electron chi connectivity index (χ4n) is 1.95. The largest absolute Gasteiger partial charge is 0.522 e. The van der Waals surface area contributed by atoms with Crippen LogP contribution in [-0.4, -0.2) is 43.6 Å². The van der Waals surface area contributed by atoms with Crippen molar-refractivity contribution in [3.63, 3.8) is 0 Å². The van der Waals surface area contributed by atoms with E-state index in [2.05, 4.69) is 27.4 Å². The minimum atomic E-state index is -5.84. The van der Waals surface area contributed by atoms with Gasteiger partial charge in [0.05, 0.1) is 18.5 Å². The Morgan fingerprint density at radius 3 is 1.22 bits per heavy atom. The molecular formula is C14H34F3NO3PS+. The number of unbranched alkanes of at least 4 members (excludes halogenated alkanes) is 3. The molecule has 0 aromatic heterocycles. The Bertz CT molecular complexity index is 354. The van der Waals surface area contributed by atoms with Gasteiger partial charge in [0.15, 0.2) is 0 Å². The lowest BCUT2D eigenvalue weighted by atomic mass is 10.4. The molecule has 0 radical (unpaired) electrons. The highest BCUT2D eigenvalue weighted by atomic mass is 32.2. The molecule has 9 heteroatoms. The summed E-state index contributed by atoms with van der Waals surface area (Å²) in [6, 6.07) is 0. The van der Waals surface area contributed by atoms with Gasteiger partial charge < -0.3 is 6.15 Å². The van der Waals surface area contributed by atoms with Gasteiger partial charge in [-0.05, 0) is 19.3 Å². The third-order valence-electron chi connectivity index (χ3n) is 3.45. The van der Waals surface area contributed by atoms with E-state index in [0.717, 1.165) is 0 Å². The number of halogens is 3. The maximum Gasteiger partial charge on any atom is 0.522 e. The van der Waals surface area contributed by atoms with E-state index >= 15 is 0 Å². The van der Waals surface area contributed by atoms with E-state index in [1.54, 1.807) is 18.5 Å². The van der Waals surface area contributed by atoms with Crippen LogP contribution in [-0.2, 0) is 10.1 Å². The van der Waals surface area contributed by atoms with Crippen molar-refractivity contribution in [2.75, 3.05) is 25.2 Å². The number of hydrogen-bond acceptors (Lipinski definition) is 3. The maximum absolute atomic E-state index is 10.7. The van der Waals surface area contributed by atoms with Gasteiger partial charge in [-0.15, -0.1) is 0 Å². The van der Waals surface area contributed by atoms with Gasteiger partial charge in [0.2, 0.25) is 0 Å². The molecule has 0 atom stereocenters. The zero-order chi connectivity index (χ0) is 17.9. The minimum Gasteiger partial charge on any atom is -0.344 e. The van der Waals surface area contributed by atoms with Gasteiger partial charge in [-0.25, -0.2) is 0 Å². The van der Waals surface area contributed by atoms with Crippen molar-refractivity contribution in [2.24, 2.45) is 0 Å². The number of hydrogen-bond donors (Lipinski definition) is 2. The van der Waals surface area contributed by atoms with E-state index in [9.17, 15) is 13.2 Å². The van der Waals surface area contributed by atoms with Crippen molar-refractivity contribution in [1.82, 2.24) is 6.15 Å². The monoisotopic (exact) mass is 384 g/mol. The standard InChI is InChI=1S/C13H30P.CHF3O3S.H3N/c1-5-8-11-14(4,12-9-6-2)13-10-7-3;2-1(3,4)8(5,6)7;/h5-13H2,1-4H3;(H,5,6,7);1H3/q+1;;. The van der Waals surface area contributed by atoms with Gasteiger partial charge in [-0.1, -0.05) is 40.0 Å². The number of rotatable bonds is 9. The molecule has 0 heterocycles. The highest BCUT2D eigenvalue weighted by molar-refractivity contribution is 7.86. The van der Waals surface area contributed by atoms with Crippen molar-refractivity contribution in [2.45, 2.75) is 64.8 Å². The summed E-state index contributed by atoms with van der Waals surface area (Å²) in [6.45, 7) is 9.59. The van der Waals surface area contributed by atoms with Gasteiger partial charge in [-0.2, -0.15) is 21.6 Å². The summed E-state index contributed by atoms with van der Waals surface area (Å²) in [6.07, 6.45) is 13.2. The van der Waals surface area contributed by atoms with Crippen LogP contribution in [0.5, 0.6) is 0 Å². The van der Waals surface area contributed by atoms with Crippen molar-refractivity contribution < 1.29 is 26.1 Å². The molecule has 23 heavy (non-hydrogen) atoms. The Morgan fingerprint density at radius 2 is 1.09 bits per heavy atom. The van der Waals surface area contributed by atoms with E-state index < -0.39 is 22.9 Å². The molecule has 0 aromatic rings. The summed E-state index contributed by atoms with van der Waals surface area (Å²) in [4.78, 5) is 0. The predicted molar refractivity (Wildman–Crippen MR) is 94.8 cm³/mol. The van der Waals surface area contributed by atoms with Crippen molar-refractivity contribution in [3.8, 4) is 0 Å². The van der Waals surface area contributed by atoms with Crippen LogP contribution in [0.25, 0.3) is 0 Å². The molecule has 0 aliphatic heterocycles. The second-order valence-electron chi connectivity index (χ2n) is 5.77. The normalized spacial score (nSPS) is 12.2. The van der Waals surface area contributed by atoms with Crippen LogP contribution in [0.1, 0.15) is 59.3 Å². The first kappa shape index (κ1) is 27.9. The Labute approximate surface area is 140 Å². The van der Waals surface area contributed by atoms with E-state index in [1.807, 2.05) is 0 Å². The molecule has 0 aromatic carbocycles. The van der Waals surface area contributed by atoms with Crippen LogP contribution in [0.15, 0.2) is 0 Å². The van der Waals surface area contributed by atoms with Gasteiger partial charge >= 0.3 is 15.6 Å². The molecule has 0 saturated carbocycles. The summed E-state index contributed by atoms with van der Waals surface area (Å²) in [5, 5.41) is 0. The zero-order valence-corrected chi connectivity index (χ0v) is 16.5.